The second-order valence-corrected chi connectivity index (χ2v) is 10.8. The van der Waals surface area contributed by atoms with Crippen molar-refractivity contribution in [3.05, 3.63) is 29.0 Å². The van der Waals surface area contributed by atoms with Gasteiger partial charge in [-0.1, -0.05) is 6.07 Å². The number of anilines is 1. The predicted molar refractivity (Wildman–Crippen MR) is 120 cm³/mol. The smallest absolute Gasteiger partial charge is 0.224 e. The van der Waals surface area contributed by atoms with Crippen LogP contribution in [0.25, 0.3) is 10.9 Å². The molecule has 2 saturated heterocycles. The summed E-state index contributed by atoms with van der Waals surface area (Å²) in [6.45, 7) is 1.71. The van der Waals surface area contributed by atoms with Gasteiger partial charge in [-0.3, -0.25) is 0 Å². The van der Waals surface area contributed by atoms with Crippen LogP contribution in [0.3, 0.4) is 0 Å². The number of rotatable bonds is 9. The summed E-state index contributed by atoms with van der Waals surface area (Å²) in [6.07, 6.45) is 3.66. The summed E-state index contributed by atoms with van der Waals surface area (Å²) in [7, 11) is -4.00. The van der Waals surface area contributed by atoms with E-state index in [2.05, 4.69) is 15.3 Å². The van der Waals surface area contributed by atoms with Crippen molar-refractivity contribution in [2.24, 2.45) is 0 Å². The third-order valence-corrected chi connectivity index (χ3v) is 7.95. The molecule has 0 amide bonds. The van der Waals surface area contributed by atoms with E-state index in [-0.39, 0.29) is 36.1 Å². The molecule has 0 spiro atoms. The molecule has 3 heterocycles. The second-order valence-electron chi connectivity index (χ2n) is 7.62. The Balaban J connectivity index is 1.39. The lowest BCUT2D eigenvalue weighted by molar-refractivity contribution is 0.0178. The predicted octanol–water partition coefficient (Wildman–Crippen LogP) is 3.67. The van der Waals surface area contributed by atoms with Crippen molar-refractivity contribution in [3.8, 4) is 0 Å². The molecule has 0 bridgehead atoms. The molecule has 9 nitrogen and oxygen atoms in total. The Kier molecular flexibility index (Phi) is 8.26. The minimum atomic E-state index is -2.16. The number of hydrogen-bond acceptors (Lipinski definition) is 9. The van der Waals surface area contributed by atoms with Crippen LogP contribution in [0.2, 0.25) is 5.28 Å². The van der Waals surface area contributed by atoms with Gasteiger partial charge in [-0.2, -0.15) is 0 Å². The van der Waals surface area contributed by atoms with E-state index in [0.717, 1.165) is 48.8 Å². The maximum absolute atomic E-state index is 9.69. The van der Waals surface area contributed by atoms with Crippen molar-refractivity contribution in [3.63, 3.8) is 0 Å². The van der Waals surface area contributed by atoms with E-state index in [1.54, 1.807) is 0 Å². The van der Waals surface area contributed by atoms with Crippen molar-refractivity contribution in [2.75, 3.05) is 31.0 Å². The zero-order valence-electron chi connectivity index (χ0n) is 16.9. The molecule has 4 rings (SSSR count). The maximum Gasteiger partial charge on any atom is 0.224 e. The first-order valence-corrected chi connectivity index (χ1v) is 13.4. The summed E-state index contributed by atoms with van der Waals surface area (Å²) in [5.41, 5.74) is 1.74. The Morgan fingerprint density at radius 1 is 1.16 bits per heavy atom. The lowest BCUT2D eigenvalue weighted by atomic mass is 10.0. The highest BCUT2D eigenvalue weighted by atomic mass is 35.5. The van der Waals surface area contributed by atoms with E-state index >= 15 is 0 Å². The van der Waals surface area contributed by atoms with Crippen LogP contribution in [0.15, 0.2) is 18.2 Å². The number of halogens is 1. The fourth-order valence-corrected chi connectivity index (χ4v) is 5.57. The summed E-state index contributed by atoms with van der Waals surface area (Å²) >= 11 is 6.16. The van der Waals surface area contributed by atoms with E-state index in [1.807, 2.05) is 18.2 Å². The zero-order chi connectivity index (χ0) is 21.8. The van der Waals surface area contributed by atoms with Gasteiger partial charge in [0.05, 0.1) is 36.3 Å². The third kappa shape index (κ3) is 6.41. The Morgan fingerprint density at radius 3 is 2.81 bits per heavy atom. The van der Waals surface area contributed by atoms with Gasteiger partial charge in [-0.15, -0.1) is 0 Å². The number of hydrogen-bond donors (Lipinski definition) is 4. The van der Waals surface area contributed by atoms with E-state index in [9.17, 15) is 4.89 Å². The minimum absolute atomic E-state index is 0.104. The lowest BCUT2D eigenvalue weighted by Gasteiger charge is -2.17. The molecule has 2 fully saturated rings. The van der Waals surface area contributed by atoms with Crippen molar-refractivity contribution in [1.29, 1.82) is 0 Å². The first-order chi connectivity index (χ1) is 15.0. The topological polar surface area (TPSA) is 126 Å². The van der Waals surface area contributed by atoms with Crippen LogP contribution in [0.5, 0.6) is 0 Å². The number of nitrogens with zero attached hydrogens (tertiary/aromatic N) is 2. The summed E-state index contributed by atoms with van der Waals surface area (Å²) < 4.78 is 17.1. The molecule has 170 valence electrons. The molecule has 4 N–H and O–H groups in total. The Bertz CT molecular complexity index is 889. The van der Waals surface area contributed by atoms with E-state index in [0.29, 0.717) is 12.4 Å². The molecule has 1 aromatic heterocycles. The molecule has 31 heavy (non-hydrogen) atoms. The Hall–Kier alpha value is -0.730. The first kappa shape index (κ1) is 23.4. The average molecular weight is 490 g/mol. The molecule has 0 aliphatic carbocycles. The number of fused-ring (bicyclic) bond motifs is 1. The van der Waals surface area contributed by atoms with Crippen molar-refractivity contribution >= 4 is 45.1 Å². The van der Waals surface area contributed by atoms with Gasteiger partial charge in [0.2, 0.25) is 5.28 Å². The van der Waals surface area contributed by atoms with Gasteiger partial charge >= 0.3 is 0 Å². The van der Waals surface area contributed by atoms with Crippen LogP contribution in [-0.2, 0) is 14.0 Å². The van der Waals surface area contributed by atoms with Gasteiger partial charge < -0.3 is 34.0 Å². The van der Waals surface area contributed by atoms with Crippen molar-refractivity contribution < 1.29 is 28.7 Å². The fraction of sp³-hybridized carbons (Fsp3) is 0.579. The van der Waals surface area contributed by atoms with E-state index in [4.69, 9.17) is 35.4 Å². The summed E-state index contributed by atoms with van der Waals surface area (Å²) in [5, 5.41) is 4.41. The van der Waals surface area contributed by atoms with Gasteiger partial charge in [0.25, 0.3) is 0 Å². The zero-order valence-corrected chi connectivity index (χ0v) is 19.4. The van der Waals surface area contributed by atoms with Crippen LogP contribution in [0.4, 0.5) is 5.82 Å². The molecule has 2 aliphatic rings. The van der Waals surface area contributed by atoms with Crippen LogP contribution in [-0.4, -0.2) is 62.5 Å². The van der Waals surface area contributed by atoms with Crippen molar-refractivity contribution in [1.82, 2.24) is 9.97 Å². The molecule has 1 aromatic carbocycles. The molecule has 12 heteroatoms. The molecular weight excluding hydrogens is 464 g/mol. The Labute approximate surface area is 187 Å². The standard InChI is InChI=1S/C19H26ClN3O6P2/c20-19-22-16-8-12(17-6-4-14(29-17)10-28-31(26)11-30(24)25)3-5-15(16)18(23-19)21-9-13-2-1-7-27-13/h3,5,8,13-14,17,24-26H,1-2,4,6-7,9-11H2,(H,21,22,23). The van der Waals surface area contributed by atoms with Crippen LogP contribution < -0.4 is 5.32 Å². The Morgan fingerprint density at radius 2 is 2.03 bits per heavy atom. The van der Waals surface area contributed by atoms with Crippen molar-refractivity contribution in [2.45, 2.75) is 44.0 Å². The highest BCUT2D eigenvalue weighted by Crippen LogP contribution is 2.44. The van der Waals surface area contributed by atoms with Crippen LogP contribution >= 0.6 is 28.4 Å². The van der Waals surface area contributed by atoms with Gasteiger partial charge in [-0.05, 0) is 55.0 Å². The fourth-order valence-electron chi connectivity index (χ4n) is 3.86. The highest BCUT2D eigenvalue weighted by molar-refractivity contribution is 7.63. The molecule has 0 saturated carbocycles. The quantitative estimate of drug-likeness (QED) is 0.308. The van der Waals surface area contributed by atoms with E-state index < -0.39 is 16.8 Å². The largest absolute Gasteiger partial charge is 0.376 e. The maximum atomic E-state index is 9.69. The average Bonchev–Trinajstić information content (AvgIpc) is 3.41. The molecule has 2 aliphatic heterocycles. The monoisotopic (exact) mass is 489 g/mol. The molecule has 2 aromatic rings. The van der Waals surface area contributed by atoms with Gasteiger partial charge in [0, 0.05) is 18.5 Å². The lowest BCUT2D eigenvalue weighted by Crippen LogP contribution is -2.19. The number of aromatic nitrogens is 2. The second kappa shape index (κ2) is 10.9. The molecule has 0 radical (unpaired) electrons. The first-order valence-electron chi connectivity index (χ1n) is 10.2. The number of nitrogens with one attached hydrogen (secondary N) is 1. The highest BCUT2D eigenvalue weighted by Gasteiger charge is 2.28. The summed E-state index contributed by atoms with van der Waals surface area (Å²) in [4.78, 5) is 36.3. The SMILES string of the molecule is OP(O)CP(O)OCC1CCC(c2ccc3c(NCC4CCCO4)nc(Cl)nc3c2)O1. The summed E-state index contributed by atoms with van der Waals surface area (Å²) in [5.74, 6) is 0.564. The number of ether oxygens (including phenoxy) is 2. The molecule has 4 atom stereocenters. The normalized spacial score (nSPS) is 24.9. The minimum Gasteiger partial charge on any atom is -0.376 e. The van der Waals surface area contributed by atoms with Gasteiger partial charge in [0.1, 0.15) is 5.82 Å². The van der Waals surface area contributed by atoms with Crippen LogP contribution in [0.1, 0.15) is 37.4 Å². The third-order valence-electron chi connectivity index (χ3n) is 5.35. The van der Waals surface area contributed by atoms with Gasteiger partial charge in [-0.25, -0.2) is 9.97 Å². The van der Waals surface area contributed by atoms with Crippen LogP contribution in [0, 0.1) is 0 Å². The number of benzene rings is 1. The molecule has 4 unspecified atom stereocenters. The van der Waals surface area contributed by atoms with Gasteiger partial charge in [0.15, 0.2) is 16.8 Å². The summed E-state index contributed by atoms with van der Waals surface area (Å²) in [6, 6.07) is 5.95. The van der Waals surface area contributed by atoms with E-state index in [1.165, 1.54) is 0 Å². The molecular formula is C19H26ClN3O6P2.